The van der Waals surface area contributed by atoms with Crippen LogP contribution in [0, 0.1) is 0 Å². The molecule has 0 saturated carbocycles. The lowest BCUT2D eigenvalue weighted by Gasteiger charge is -2.17. The topological polar surface area (TPSA) is 23.0 Å². The Labute approximate surface area is 260 Å². The van der Waals surface area contributed by atoms with Crippen LogP contribution in [0.1, 0.15) is 35.6 Å². The van der Waals surface area contributed by atoms with Crippen molar-refractivity contribution in [2.75, 3.05) is 0 Å². The van der Waals surface area contributed by atoms with Crippen molar-refractivity contribution in [3.8, 4) is 11.4 Å². The average molecular weight is 579 g/mol. The van der Waals surface area contributed by atoms with Crippen molar-refractivity contribution in [1.82, 2.24) is 9.13 Å². The number of rotatable bonds is 3. The Hall–Kier alpha value is -5.54. The predicted molar refractivity (Wildman–Crippen MR) is 188 cm³/mol. The molecular formula is C42H30N2O. The van der Waals surface area contributed by atoms with Gasteiger partial charge in [-0.2, -0.15) is 0 Å². The summed E-state index contributed by atoms with van der Waals surface area (Å²) in [7, 11) is 0. The number of fused-ring (bicyclic) bond motifs is 9. The molecule has 3 heteroatoms. The van der Waals surface area contributed by atoms with E-state index >= 15 is 0 Å². The lowest BCUT2D eigenvalue weighted by atomic mass is 9.92. The minimum absolute atomic E-state index is 0.414. The maximum Gasteiger partial charge on any atom is 0.135 e. The van der Waals surface area contributed by atoms with Gasteiger partial charge in [-0.25, -0.2) is 0 Å². The largest absolute Gasteiger partial charge is 0.456 e. The maximum atomic E-state index is 6.19. The first-order chi connectivity index (χ1) is 22.3. The molecule has 10 rings (SSSR count). The van der Waals surface area contributed by atoms with Crippen molar-refractivity contribution in [3.63, 3.8) is 0 Å². The predicted octanol–water partition coefficient (Wildman–Crippen LogP) is 11.2. The van der Waals surface area contributed by atoms with Gasteiger partial charge in [-0.05, 0) is 91.1 Å². The molecule has 0 amide bonds. The SMILES string of the molecule is C1=CCC(c2cccc(-n3c4c(c5cc6c(cc53)c3ccccc3n6-c3ccc5oc6ccccc6c5c3)CCC=C4)c2)C=C1. The van der Waals surface area contributed by atoms with Gasteiger partial charge in [-0.15, -0.1) is 0 Å². The van der Waals surface area contributed by atoms with E-state index in [1.165, 1.54) is 55.2 Å². The van der Waals surface area contributed by atoms with Crippen LogP contribution in [0.5, 0.6) is 0 Å². The molecule has 0 saturated heterocycles. The van der Waals surface area contributed by atoms with E-state index in [4.69, 9.17) is 4.42 Å². The highest BCUT2D eigenvalue weighted by Gasteiger charge is 2.23. The van der Waals surface area contributed by atoms with Gasteiger partial charge in [0, 0.05) is 49.9 Å². The van der Waals surface area contributed by atoms with Gasteiger partial charge < -0.3 is 13.6 Å². The van der Waals surface area contributed by atoms with Crippen molar-refractivity contribution in [2.24, 2.45) is 0 Å². The van der Waals surface area contributed by atoms with Crippen molar-refractivity contribution in [2.45, 2.75) is 25.2 Å². The molecular weight excluding hydrogens is 548 g/mol. The van der Waals surface area contributed by atoms with E-state index in [2.05, 4.69) is 137 Å². The lowest BCUT2D eigenvalue weighted by Crippen LogP contribution is -2.02. The fourth-order valence-corrected chi connectivity index (χ4v) is 7.83. The summed E-state index contributed by atoms with van der Waals surface area (Å²) in [5.41, 5.74) is 12.1. The Morgan fingerprint density at radius 1 is 0.578 bits per heavy atom. The molecule has 2 aliphatic rings. The number of nitrogens with zero attached hydrogens (tertiary/aromatic N) is 2. The summed E-state index contributed by atoms with van der Waals surface area (Å²) in [6, 6.07) is 37.8. The number of hydrogen-bond acceptors (Lipinski definition) is 1. The molecule has 0 radical (unpaired) electrons. The molecule has 3 aromatic heterocycles. The molecule has 3 heterocycles. The van der Waals surface area contributed by atoms with Crippen molar-refractivity contribution < 1.29 is 4.42 Å². The van der Waals surface area contributed by atoms with Gasteiger partial charge >= 0.3 is 0 Å². The highest BCUT2D eigenvalue weighted by Crippen LogP contribution is 2.41. The first-order valence-corrected chi connectivity index (χ1v) is 15.9. The third-order valence-electron chi connectivity index (χ3n) is 9.90. The van der Waals surface area contributed by atoms with Crippen LogP contribution < -0.4 is 0 Å². The second-order valence-corrected chi connectivity index (χ2v) is 12.4. The molecule has 0 fully saturated rings. The quantitative estimate of drug-likeness (QED) is 0.204. The first-order valence-electron chi connectivity index (χ1n) is 15.9. The highest BCUT2D eigenvalue weighted by atomic mass is 16.3. The average Bonchev–Trinajstić information content (AvgIpc) is 3.75. The first kappa shape index (κ1) is 24.9. The number of benzene rings is 5. The van der Waals surface area contributed by atoms with Gasteiger partial charge in [-0.1, -0.05) is 78.9 Å². The van der Waals surface area contributed by atoms with Crippen molar-refractivity contribution >= 4 is 60.7 Å². The molecule has 1 unspecified atom stereocenters. The summed E-state index contributed by atoms with van der Waals surface area (Å²) in [6.07, 6.45) is 16.7. The van der Waals surface area contributed by atoms with Gasteiger partial charge in [0.2, 0.25) is 0 Å². The molecule has 0 N–H and O–H groups in total. The van der Waals surface area contributed by atoms with E-state index in [1.807, 2.05) is 12.1 Å². The van der Waals surface area contributed by atoms with Gasteiger partial charge in [0.15, 0.2) is 0 Å². The van der Waals surface area contributed by atoms with Crippen molar-refractivity contribution in [1.29, 1.82) is 0 Å². The number of aromatic nitrogens is 2. The molecule has 0 bridgehead atoms. The van der Waals surface area contributed by atoms with Crippen LogP contribution in [0.4, 0.5) is 0 Å². The number of hydrogen-bond donors (Lipinski definition) is 0. The molecule has 3 nitrogen and oxygen atoms in total. The third-order valence-corrected chi connectivity index (χ3v) is 9.90. The van der Waals surface area contributed by atoms with E-state index in [0.717, 1.165) is 46.9 Å². The fourth-order valence-electron chi connectivity index (χ4n) is 7.83. The molecule has 1 atom stereocenters. The molecule has 0 aliphatic heterocycles. The van der Waals surface area contributed by atoms with Crippen LogP contribution in [0.15, 0.2) is 138 Å². The summed E-state index contributed by atoms with van der Waals surface area (Å²) in [5, 5.41) is 6.17. The number of para-hydroxylation sites is 2. The fraction of sp³-hybridized carbons (Fsp3) is 0.0952. The van der Waals surface area contributed by atoms with E-state index in [0.29, 0.717) is 5.92 Å². The summed E-state index contributed by atoms with van der Waals surface area (Å²) < 4.78 is 11.1. The van der Waals surface area contributed by atoms with Gasteiger partial charge in [-0.3, -0.25) is 0 Å². The normalized spacial score (nSPS) is 16.1. The molecule has 2 aliphatic carbocycles. The standard InChI is InChI=1S/C42H30N2O/c1-2-11-27(12-3-1)28-13-10-14-29(23-28)43-37-18-7-4-15-31(37)34-26-40-35(25-39(34)43)32-16-5-8-19-38(32)44(40)30-21-22-42-36(24-30)33-17-6-9-20-41(33)45-42/h1-3,5-11,13-14,16-27H,4,12,15H2. The molecule has 0 spiro atoms. The van der Waals surface area contributed by atoms with Crippen LogP contribution in [-0.2, 0) is 6.42 Å². The second kappa shape index (κ2) is 9.48. The second-order valence-electron chi connectivity index (χ2n) is 12.4. The molecule has 45 heavy (non-hydrogen) atoms. The van der Waals surface area contributed by atoms with E-state index in [9.17, 15) is 0 Å². The van der Waals surface area contributed by atoms with Gasteiger partial charge in [0.05, 0.1) is 16.6 Å². The number of furan rings is 1. The number of aryl methyl sites for hydroxylation is 1. The van der Waals surface area contributed by atoms with Crippen LogP contribution >= 0.6 is 0 Å². The smallest absolute Gasteiger partial charge is 0.135 e. The van der Waals surface area contributed by atoms with Crippen molar-refractivity contribution in [3.05, 3.63) is 150 Å². The number of allylic oxidation sites excluding steroid dienone is 5. The molecule has 214 valence electrons. The third kappa shape index (κ3) is 3.64. The summed E-state index contributed by atoms with van der Waals surface area (Å²) >= 11 is 0. The van der Waals surface area contributed by atoms with Gasteiger partial charge in [0.25, 0.3) is 0 Å². The zero-order chi connectivity index (χ0) is 29.5. The molecule has 5 aromatic carbocycles. The van der Waals surface area contributed by atoms with E-state index < -0.39 is 0 Å². The monoisotopic (exact) mass is 578 g/mol. The van der Waals surface area contributed by atoms with E-state index in [-0.39, 0.29) is 0 Å². The zero-order valence-electron chi connectivity index (χ0n) is 24.8. The Bertz CT molecular complexity index is 2580. The Kier molecular flexibility index (Phi) is 5.23. The van der Waals surface area contributed by atoms with E-state index in [1.54, 1.807) is 0 Å². The van der Waals surface area contributed by atoms with Crippen LogP contribution in [0.2, 0.25) is 0 Å². The van der Waals surface area contributed by atoms with Gasteiger partial charge in [0.1, 0.15) is 11.2 Å². The van der Waals surface area contributed by atoms with Crippen LogP contribution in [0.25, 0.3) is 72.1 Å². The maximum absolute atomic E-state index is 6.19. The summed E-state index contributed by atoms with van der Waals surface area (Å²) in [6.45, 7) is 0. The summed E-state index contributed by atoms with van der Waals surface area (Å²) in [5.74, 6) is 0.414. The lowest BCUT2D eigenvalue weighted by molar-refractivity contribution is 0.669. The Morgan fingerprint density at radius 2 is 1.40 bits per heavy atom. The zero-order valence-corrected chi connectivity index (χ0v) is 24.8. The van der Waals surface area contributed by atoms with Crippen LogP contribution in [-0.4, -0.2) is 9.13 Å². The summed E-state index contributed by atoms with van der Waals surface area (Å²) in [4.78, 5) is 0. The van der Waals surface area contributed by atoms with Crippen LogP contribution in [0.3, 0.4) is 0 Å². The minimum Gasteiger partial charge on any atom is -0.456 e. The minimum atomic E-state index is 0.414. The highest BCUT2D eigenvalue weighted by molar-refractivity contribution is 6.15. The Morgan fingerprint density at radius 3 is 2.33 bits per heavy atom. The Balaban J connectivity index is 1.25. The molecule has 8 aromatic rings.